The molecule has 8 heteroatoms. The highest BCUT2D eigenvalue weighted by Gasteiger charge is 2.64. The summed E-state index contributed by atoms with van der Waals surface area (Å²) in [7, 11) is 0. The van der Waals surface area contributed by atoms with Crippen molar-refractivity contribution < 1.29 is 14.3 Å². The maximum atomic E-state index is 12.9. The summed E-state index contributed by atoms with van der Waals surface area (Å²) in [5.41, 5.74) is 1.81. The van der Waals surface area contributed by atoms with Gasteiger partial charge in [-0.25, -0.2) is 4.79 Å². The van der Waals surface area contributed by atoms with Crippen LogP contribution < -0.4 is 0 Å². The Bertz CT molecular complexity index is 1010. The lowest BCUT2D eigenvalue weighted by Crippen LogP contribution is -2.65. The Labute approximate surface area is 196 Å². The third kappa shape index (κ3) is 4.09. The van der Waals surface area contributed by atoms with E-state index in [9.17, 15) is 9.59 Å². The number of nitrogens with zero attached hydrogens (tertiary/aromatic N) is 2. The molecule has 156 valence electrons. The number of carbonyl (C=O) groups excluding carboxylic acids is 2. The van der Waals surface area contributed by atoms with Crippen LogP contribution in [0.2, 0.25) is 0 Å². The van der Waals surface area contributed by atoms with Crippen LogP contribution in [0.5, 0.6) is 0 Å². The van der Waals surface area contributed by atoms with Crippen LogP contribution in [-0.4, -0.2) is 45.2 Å². The number of benzene rings is 2. The first-order valence-electron chi connectivity index (χ1n) is 9.47. The fraction of sp³-hybridized carbons (Fsp3) is 0.318. The summed E-state index contributed by atoms with van der Waals surface area (Å²) in [4.78, 5) is 31.9. The molecule has 30 heavy (non-hydrogen) atoms. The Balaban J connectivity index is 1.46. The number of thioether (sulfide) groups is 1. The Kier molecular flexibility index (Phi) is 6.10. The van der Waals surface area contributed by atoms with Crippen molar-refractivity contribution in [2.75, 3.05) is 0 Å². The van der Waals surface area contributed by atoms with Crippen LogP contribution in [0.4, 0.5) is 0 Å². The van der Waals surface area contributed by atoms with E-state index in [1.165, 1.54) is 0 Å². The molecular formula is C22H20Br2N2O3S. The molecule has 2 aliphatic rings. The third-order valence-corrected chi connectivity index (χ3v) is 7.93. The lowest BCUT2D eigenvalue weighted by Gasteiger charge is -2.41. The van der Waals surface area contributed by atoms with Gasteiger partial charge in [0.25, 0.3) is 5.91 Å². The Morgan fingerprint density at radius 3 is 2.67 bits per heavy atom. The quantitative estimate of drug-likeness (QED) is 0.304. The average Bonchev–Trinajstić information content (AvgIpc) is 2.96. The van der Waals surface area contributed by atoms with Crippen LogP contribution in [0.25, 0.3) is 0 Å². The number of amides is 1. The van der Waals surface area contributed by atoms with Crippen molar-refractivity contribution >= 4 is 61.7 Å². The number of rotatable bonds is 5. The van der Waals surface area contributed by atoms with E-state index in [-0.39, 0.29) is 23.9 Å². The van der Waals surface area contributed by atoms with Crippen molar-refractivity contribution in [3.05, 3.63) is 68.6 Å². The van der Waals surface area contributed by atoms with Crippen LogP contribution in [0.3, 0.4) is 0 Å². The number of hydrogen-bond donors (Lipinski definition) is 0. The predicted octanol–water partition coefficient (Wildman–Crippen LogP) is 4.80. The van der Waals surface area contributed by atoms with Crippen molar-refractivity contribution in [3.63, 3.8) is 0 Å². The highest BCUT2D eigenvalue weighted by Crippen LogP contribution is 2.52. The Morgan fingerprint density at radius 1 is 1.23 bits per heavy atom. The summed E-state index contributed by atoms with van der Waals surface area (Å²) >= 11 is 8.53. The second-order valence-corrected chi connectivity index (χ2v) is 11.3. The van der Waals surface area contributed by atoms with Gasteiger partial charge in [-0.3, -0.25) is 9.79 Å². The summed E-state index contributed by atoms with van der Waals surface area (Å²) in [6.07, 6.45) is 1.71. The first-order chi connectivity index (χ1) is 14.3. The number of hydrogen-bond acceptors (Lipinski definition) is 5. The average molecular weight is 552 g/mol. The van der Waals surface area contributed by atoms with Crippen LogP contribution in [0.1, 0.15) is 25.0 Å². The van der Waals surface area contributed by atoms with E-state index in [0.717, 1.165) is 20.1 Å². The highest BCUT2D eigenvalue weighted by molar-refractivity contribution is 9.11. The van der Waals surface area contributed by atoms with Gasteiger partial charge in [-0.2, -0.15) is 0 Å². The zero-order chi connectivity index (χ0) is 21.5. The smallest absolute Gasteiger partial charge is 0.330 e. The van der Waals surface area contributed by atoms with Crippen LogP contribution in [0.15, 0.2) is 62.5 Å². The van der Waals surface area contributed by atoms with E-state index >= 15 is 0 Å². The highest BCUT2D eigenvalue weighted by atomic mass is 79.9. The van der Waals surface area contributed by atoms with Gasteiger partial charge < -0.3 is 9.64 Å². The molecule has 0 bridgehead atoms. The van der Waals surface area contributed by atoms with Gasteiger partial charge in [-0.1, -0.05) is 68.3 Å². The minimum absolute atomic E-state index is 0.135. The standard InChI is InChI=1S/C22H20Br2N2O3S/c1-22(2)18(21(28)29-12-13-6-4-3-5-7-13)26-19(27)17(20(26)30-22)25-11-14-8-9-15(23)10-16(14)24/h3-11,17-18,20H,12H2,1-2H3/t17-,18+,20-/m1/s1. The summed E-state index contributed by atoms with van der Waals surface area (Å²) in [6, 6.07) is 14.2. The zero-order valence-electron chi connectivity index (χ0n) is 16.4. The zero-order valence-corrected chi connectivity index (χ0v) is 20.4. The minimum Gasteiger partial charge on any atom is -0.459 e. The fourth-order valence-electron chi connectivity index (χ4n) is 3.69. The molecule has 2 fully saturated rings. The molecule has 3 atom stereocenters. The van der Waals surface area contributed by atoms with Crippen molar-refractivity contribution in [2.45, 2.75) is 42.7 Å². The molecule has 2 heterocycles. The lowest BCUT2D eigenvalue weighted by atomic mass is 9.96. The summed E-state index contributed by atoms with van der Waals surface area (Å²) in [6.45, 7) is 4.15. The van der Waals surface area contributed by atoms with E-state index in [0.29, 0.717) is 0 Å². The summed E-state index contributed by atoms with van der Waals surface area (Å²) in [5.74, 6) is -0.505. The van der Waals surface area contributed by atoms with Crippen LogP contribution in [0, 0.1) is 0 Å². The monoisotopic (exact) mass is 550 g/mol. The van der Waals surface area contributed by atoms with E-state index in [1.807, 2.05) is 62.4 Å². The Morgan fingerprint density at radius 2 is 1.97 bits per heavy atom. The maximum absolute atomic E-state index is 12.9. The van der Waals surface area contributed by atoms with Gasteiger partial charge in [0.2, 0.25) is 0 Å². The molecule has 1 amide bonds. The van der Waals surface area contributed by atoms with Gasteiger partial charge in [0, 0.05) is 25.5 Å². The fourth-order valence-corrected chi connectivity index (χ4v) is 6.45. The number of fused-ring (bicyclic) bond motifs is 1. The lowest BCUT2D eigenvalue weighted by molar-refractivity contribution is -0.163. The first kappa shape index (κ1) is 21.6. The minimum atomic E-state index is -0.616. The van der Waals surface area contributed by atoms with E-state index in [4.69, 9.17) is 4.74 Å². The van der Waals surface area contributed by atoms with Gasteiger partial charge in [-0.05, 0) is 31.5 Å². The molecule has 4 rings (SSSR count). The number of aliphatic imine (C=N–C) groups is 1. The van der Waals surface area contributed by atoms with Crippen LogP contribution >= 0.6 is 43.6 Å². The first-order valence-corrected chi connectivity index (χ1v) is 11.9. The van der Waals surface area contributed by atoms with E-state index in [2.05, 4.69) is 36.9 Å². The molecule has 0 spiro atoms. The maximum Gasteiger partial charge on any atom is 0.330 e. The Hall–Kier alpha value is -1.64. The number of esters is 1. The van der Waals surface area contributed by atoms with Gasteiger partial charge in [0.05, 0.1) is 0 Å². The van der Waals surface area contributed by atoms with Crippen molar-refractivity contribution in [2.24, 2.45) is 4.99 Å². The SMILES string of the molecule is CC1(C)S[C@@H]2[C@H](N=Cc3ccc(Br)cc3Br)C(=O)N2[C@H]1C(=O)OCc1ccccc1. The van der Waals surface area contributed by atoms with Crippen molar-refractivity contribution in [1.29, 1.82) is 0 Å². The molecule has 2 saturated heterocycles. The van der Waals surface area contributed by atoms with Crippen molar-refractivity contribution in [3.8, 4) is 0 Å². The second-order valence-electron chi connectivity index (χ2n) is 7.74. The normalized spacial score (nSPS) is 24.6. The second kappa shape index (κ2) is 8.48. The number of halogens is 2. The summed E-state index contributed by atoms with van der Waals surface area (Å²) < 4.78 is 6.95. The molecular weight excluding hydrogens is 532 g/mol. The van der Waals surface area contributed by atoms with E-state index in [1.54, 1.807) is 22.9 Å². The molecule has 0 radical (unpaired) electrons. The topological polar surface area (TPSA) is 59.0 Å². The largest absolute Gasteiger partial charge is 0.459 e. The molecule has 0 N–H and O–H groups in total. The molecule has 2 aromatic carbocycles. The molecule has 0 aliphatic carbocycles. The van der Waals surface area contributed by atoms with Gasteiger partial charge in [0.15, 0.2) is 6.04 Å². The van der Waals surface area contributed by atoms with Crippen molar-refractivity contribution in [1.82, 2.24) is 4.90 Å². The number of ether oxygens (including phenoxy) is 1. The summed E-state index contributed by atoms with van der Waals surface area (Å²) in [5, 5.41) is -0.160. The predicted molar refractivity (Wildman–Crippen MR) is 126 cm³/mol. The third-order valence-electron chi connectivity index (χ3n) is 5.20. The molecule has 2 aliphatic heterocycles. The van der Waals surface area contributed by atoms with Crippen LogP contribution in [-0.2, 0) is 20.9 Å². The molecule has 0 saturated carbocycles. The molecule has 0 aromatic heterocycles. The molecule has 2 aromatic rings. The number of carbonyl (C=O) groups is 2. The molecule has 0 unspecified atom stereocenters. The van der Waals surface area contributed by atoms with Gasteiger partial charge in [-0.15, -0.1) is 11.8 Å². The van der Waals surface area contributed by atoms with E-state index < -0.39 is 16.8 Å². The van der Waals surface area contributed by atoms with Gasteiger partial charge in [0.1, 0.15) is 18.0 Å². The van der Waals surface area contributed by atoms with Gasteiger partial charge >= 0.3 is 5.97 Å². The number of β-lactam (4-membered cyclic amide) rings is 1. The molecule has 5 nitrogen and oxygen atoms in total.